The molecule has 35 heteroatoms. The number of hydrogen-bond donors (Lipinski definition) is 4. The Morgan fingerprint density at radius 1 is 0.538 bits per heavy atom. The summed E-state index contributed by atoms with van der Waals surface area (Å²) in [5.74, 6) is -8.27. The van der Waals surface area contributed by atoms with Crippen molar-refractivity contribution >= 4 is 45.5 Å². The Kier molecular flexibility index (Phi) is 22.5. The van der Waals surface area contributed by atoms with Crippen molar-refractivity contribution in [3.63, 3.8) is 0 Å². The van der Waals surface area contributed by atoms with Gasteiger partial charge >= 0.3 is 18.9 Å². The van der Waals surface area contributed by atoms with E-state index < -0.39 is 92.9 Å². The Labute approximate surface area is 551 Å². The summed E-state index contributed by atoms with van der Waals surface area (Å²) < 4.78 is 110. The van der Waals surface area contributed by atoms with Crippen molar-refractivity contribution < 1.29 is 110 Å². The first kappa shape index (κ1) is 71.9. The molecule has 0 bridgehead atoms. The van der Waals surface area contributed by atoms with E-state index in [9.17, 15) is 69.8 Å². The van der Waals surface area contributed by atoms with Gasteiger partial charge in [-0.25, -0.2) is 40.4 Å². The van der Waals surface area contributed by atoms with Gasteiger partial charge in [0.1, 0.15) is 84.3 Å². The zero-order chi connectivity index (χ0) is 66.3. The number of carbonyl (C=O) groups excluding carboxylic acids is 5. The van der Waals surface area contributed by atoms with E-state index in [1.807, 2.05) is 5.01 Å². The number of methoxy groups -OCH3 is 5. The van der Waals surface area contributed by atoms with E-state index in [0.717, 1.165) is 18.2 Å². The summed E-state index contributed by atoms with van der Waals surface area (Å²) in [5.41, 5.74) is 3.80. The van der Waals surface area contributed by atoms with Crippen molar-refractivity contribution in [3.8, 4) is 17.2 Å². The summed E-state index contributed by atoms with van der Waals surface area (Å²) in [6.45, 7) is 1.49. The molecule has 3 atom stereocenters. The second-order valence-corrected chi connectivity index (χ2v) is 21.8. The second-order valence-electron chi connectivity index (χ2n) is 21.1. The van der Waals surface area contributed by atoms with Crippen LogP contribution in [0.2, 0.25) is 0 Å². The van der Waals surface area contributed by atoms with Crippen LogP contribution in [0.4, 0.5) is 26.3 Å². The van der Waals surface area contributed by atoms with Crippen LogP contribution in [0.15, 0.2) is 73.5 Å². The van der Waals surface area contributed by atoms with Crippen LogP contribution < -0.4 is 88.4 Å². The molecule has 6 aliphatic rings. The van der Waals surface area contributed by atoms with Crippen molar-refractivity contribution in [2.24, 2.45) is 5.73 Å². The summed E-state index contributed by atoms with van der Waals surface area (Å²) in [4.78, 5) is 106. The third-order valence-electron chi connectivity index (χ3n) is 15.5. The molecule has 9 heterocycles. The quantitative estimate of drug-likeness (QED) is 0.0699. The summed E-state index contributed by atoms with van der Waals surface area (Å²) in [7, 11) is 11.9. The second kappa shape index (κ2) is 29.2. The van der Waals surface area contributed by atoms with Gasteiger partial charge < -0.3 is 72.3 Å². The molecule has 12 rings (SSSR count). The van der Waals surface area contributed by atoms with Crippen LogP contribution in [0.3, 0.4) is 0 Å². The topological polar surface area (TPSA) is 287 Å². The fourth-order valence-corrected chi connectivity index (χ4v) is 11.7. The molecule has 3 aromatic carbocycles. The fraction of sp³-hybridized carbons (Fsp3) is 0.345. The van der Waals surface area contributed by atoms with Gasteiger partial charge in [0.2, 0.25) is 16.3 Å². The fourth-order valence-electron chi connectivity index (χ4n) is 11.1. The molecule has 0 saturated heterocycles. The number of nitrogens with one attached hydrogen (secondary N) is 2. The molecule has 93 heavy (non-hydrogen) atoms. The molecule has 5 N–H and O–H groups in total. The van der Waals surface area contributed by atoms with Crippen LogP contribution in [-0.2, 0) is 33.8 Å². The van der Waals surface area contributed by atoms with E-state index in [2.05, 4.69) is 26.6 Å². The third-order valence-corrected chi connectivity index (χ3v) is 16.3. The minimum absolute atomic E-state index is 0. The van der Waals surface area contributed by atoms with Gasteiger partial charge in [-0.05, 0) is 34.1 Å². The Morgan fingerprint density at radius 2 is 0.871 bits per heavy atom. The van der Waals surface area contributed by atoms with Crippen LogP contribution in [0.1, 0.15) is 104 Å². The molecule has 26 nitrogen and oxygen atoms in total. The van der Waals surface area contributed by atoms with E-state index in [1.165, 1.54) is 78.9 Å². The van der Waals surface area contributed by atoms with Gasteiger partial charge in [0.25, 0.3) is 29.5 Å². The SMILES string of the molecule is COC1CN2CN(C)C(=O)c3c(O)c(=O)c(C(=O)NCc4ccc(F)cc4F)c1n32.COc1c2n3c(c(Br)c1=O)C(OC)CN3CN(C)C2=O.COc1c2n3c(c(C(=O)NCc4ccc(F)cc4F)c1=O)C(OC)CN3CN(C)C2=O.NCc1ccc(F)cc1F.[Cl-].[Li+]. The predicted octanol–water partition coefficient (Wildman–Crippen LogP) is -3.08. The average molecular weight is 1380 g/mol. The largest absolute Gasteiger partial charge is 1.00 e. The van der Waals surface area contributed by atoms with Crippen LogP contribution in [-0.4, -0.2) is 160 Å². The summed E-state index contributed by atoms with van der Waals surface area (Å²) >= 11 is 3.31. The maximum atomic E-state index is 13.9. The van der Waals surface area contributed by atoms with Gasteiger partial charge in [-0.15, -0.1) is 0 Å². The van der Waals surface area contributed by atoms with E-state index >= 15 is 0 Å². The number of rotatable bonds is 12. The number of hydrogen-bond acceptors (Lipinski definition) is 18. The predicted molar refractivity (Wildman–Crippen MR) is 313 cm³/mol. The first-order valence-corrected chi connectivity index (χ1v) is 28.2. The van der Waals surface area contributed by atoms with Crippen molar-refractivity contribution in [1.82, 2.24) is 39.4 Å². The molecule has 0 fully saturated rings. The standard InChI is InChI=1S/C20H20F2N4O5.C19H18F2N4O5.C12H14BrN3O4.C7H7F2N.ClH.Li/c1-24-9-25-8-13(30-2)15-14(17(27)18(31-3)16(20(24)29)26(15)25)19(28)23-7-10-4-5-11(21)6-12(10)22;1-23-8-24-7-12(30-2)14-13(16(26)17(27)15(19(23)29)25(14)24)18(28)22-6-9-3-4-10(20)5-11(9)21;1-14-5-15-4-6(19-2)8-7(13)10(17)11(20-3)9(12(14)18)16(8)15;8-6-2-1-5(4-10)7(9)3-6;;/h4-6,13H,7-9H2,1-3H3,(H,23,28);3-5,12,27H,6-8H2,1-2H3,(H,22,28);6H,4-5H2,1-3H3;1-3H,4,10H2;1H;/q;;;;;+1/p-1. The van der Waals surface area contributed by atoms with Gasteiger partial charge in [0, 0.05) is 97.0 Å². The third kappa shape index (κ3) is 13.2. The molecule has 6 aromatic rings. The molecule has 3 aromatic heterocycles. The number of benzene rings is 3. The van der Waals surface area contributed by atoms with Gasteiger partial charge in [-0.1, -0.05) is 18.2 Å². The first-order chi connectivity index (χ1) is 43.3. The van der Waals surface area contributed by atoms with Crippen LogP contribution in [0.5, 0.6) is 17.2 Å². The number of pyridine rings is 3. The Bertz CT molecular complexity index is 4170. The molecule has 6 aliphatic heterocycles. The van der Waals surface area contributed by atoms with Gasteiger partial charge in [0.05, 0.1) is 55.4 Å². The number of nitrogens with two attached hydrogens (primary N) is 1. The summed E-state index contributed by atoms with van der Waals surface area (Å²) in [5, 5.41) is 20.7. The van der Waals surface area contributed by atoms with Gasteiger partial charge in [-0.3, -0.25) is 53.4 Å². The minimum Gasteiger partial charge on any atom is -1.00 e. The maximum absolute atomic E-state index is 13.9. The van der Waals surface area contributed by atoms with Gasteiger partial charge in [0.15, 0.2) is 34.3 Å². The normalized spacial score (nSPS) is 16.7. The molecule has 0 radical (unpaired) electrons. The number of halogens is 8. The minimum atomic E-state index is -1.03. The Hall–Kier alpha value is -8.55. The van der Waals surface area contributed by atoms with E-state index in [0.29, 0.717) is 47.6 Å². The van der Waals surface area contributed by atoms with Crippen LogP contribution >= 0.6 is 15.9 Å². The zero-order valence-corrected chi connectivity index (χ0v) is 53.5. The van der Waals surface area contributed by atoms with Gasteiger partial charge in [-0.2, -0.15) is 0 Å². The van der Waals surface area contributed by atoms with Crippen LogP contribution in [0.25, 0.3) is 0 Å². The number of aromatic nitrogens is 3. The number of amides is 5. The molecule has 3 unspecified atom stereocenters. The molecular formula is C58H59BrClF6LiN12O14. The monoisotopic (exact) mass is 1380 g/mol. The van der Waals surface area contributed by atoms with Crippen LogP contribution in [0, 0.1) is 34.9 Å². The van der Waals surface area contributed by atoms with Crippen molar-refractivity contribution in [2.45, 2.75) is 37.9 Å². The van der Waals surface area contributed by atoms with E-state index in [4.69, 9.17) is 29.4 Å². The zero-order valence-electron chi connectivity index (χ0n) is 51.2. The number of carbonyl (C=O) groups is 5. The molecule has 5 amide bonds. The Balaban J connectivity index is 0.000000185. The molecule has 0 saturated carbocycles. The van der Waals surface area contributed by atoms with E-state index in [1.54, 1.807) is 40.8 Å². The van der Waals surface area contributed by atoms with Crippen molar-refractivity contribution in [1.29, 1.82) is 0 Å². The summed E-state index contributed by atoms with van der Waals surface area (Å²) in [6.07, 6.45) is -1.62. The molecule has 492 valence electrons. The Morgan fingerprint density at radius 3 is 1.24 bits per heavy atom. The number of ether oxygens (including phenoxy) is 5. The molecule has 0 spiro atoms. The smallest absolute Gasteiger partial charge is 1.00 e. The van der Waals surface area contributed by atoms with Crippen molar-refractivity contribution in [2.75, 3.05) is 111 Å². The molecule has 0 aliphatic carbocycles. The average Bonchev–Trinajstić information content (AvgIpc) is 1.65. The maximum Gasteiger partial charge on any atom is 1.00 e. The number of aromatic hydroxyl groups is 1. The summed E-state index contributed by atoms with van der Waals surface area (Å²) in [6, 6.07) is 9.24. The van der Waals surface area contributed by atoms with E-state index in [-0.39, 0.29) is 145 Å². The number of nitrogens with zero attached hydrogens (tertiary/aromatic N) is 9. The van der Waals surface area contributed by atoms with Crippen molar-refractivity contribution in [3.05, 3.63) is 187 Å². The first-order valence-electron chi connectivity index (χ1n) is 27.4. The molecular weight excluding hydrogens is 1320 g/mol.